The molecule has 1 amide bonds. The fourth-order valence-electron chi connectivity index (χ4n) is 2.65. The molecule has 1 saturated heterocycles. The Kier molecular flexibility index (Phi) is 4.23. The van der Waals surface area contributed by atoms with Crippen LogP contribution >= 0.6 is 0 Å². The van der Waals surface area contributed by atoms with Crippen molar-refractivity contribution in [3.05, 3.63) is 48.3 Å². The Hall–Kier alpha value is -2.12. The summed E-state index contributed by atoms with van der Waals surface area (Å²) in [5.41, 5.74) is 1.64. The van der Waals surface area contributed by atoms with Crippen LogP contribution in [-0.2, 0) is 28.4 Å². The summed E-state index contributed by atoms with van der Waals surface area (Å²) >= 11 is 0. The van der Waals surface area contributed by atoms with Gasteiger partial charge < -0.3 is 9.47 Å². The first-order valence-electron chi connectivity index (χ1n) is 7.47. The molecular formula is C16H19N3O3S. The lowest BCUT2D eigenvalue weighted by Crippen LogP contribution is -2.25. The van der Waals surface area contributed by atoms with Gasteiger partial charge in [-0.15, -0.1) is 0 Å². The lowest BCUT2D eigenvalue weighted by molar-refractivity contribution is -0.117. The third-order valence-corrected chi connectivity index (χ3v) is 5.31. The first kappa shape index (κ1) is 15.8. The van der Waals surface area contributed by atoms with E-state index in [2.05, 4.69) is 4.72 Å². The molecule has 0 aliphatic carbocycles. The number of nitrogens with zero attached hydrogens (tertiary/aromatic N) is 2. The van der Waals surface area contributed by atoms with E-state index < -0.39 is 10.0 Å². The number of anilines is 1. The average Bonchev–Trinajstić information content (AvgIpc) is 3.14. The SMILES string of the molecule is Cn1ccc(CNS(=O)(=O)c2ccc(N3CCCC3=O)cc2)c1. The van der Waals surface area contributed by atoms with E-state index >= 15 is 0 Å². The molecule has 0 radical (unpaired) electrons. The van der Waals surface area contributed by atoms with Gasteiger partial charge in [0.25, 0.3) is 0 Å². The molecule has 1 N–H and O–H groups in total. The number of hydrogen-bond acceptors (Lipinski definition) is 3. The smallest absolute Gasteiger partial charge is 0.240 e. The normalized spacial score (nSPS) is 15.3. The van der Waals surface area contributed by atoms with Crippen LogP contribution in [0.25, 0.3) is 0 Å². The minimum Gasteiger partial charge on any atom is -0.357 e. The number of hydrogen-bond donors (Lipinski definition) is 1. The zero-order valence-corrected chi connectivity index (χ0v) is 13.7. The van der Waals surface area contributed by atoms with Gasteiger partial charge in [-0.3, -0.25) is 4.79 Å². The molecule has 3 rings (SSSR count). The van der Waals surface area contributed by atoms with Crippen molar-refractivity contribution >= 4 is 21.6 Å². The molecule has 7 heteroatoms. The van der Waals surface area contributed by atoms with E-state index in [1.165, 1.54) is 12.1 Å². The highest BCUT2D eigenvalue weighted by molar-refractivity contribution is 7.89. The monoisotopic (exact) mass is 333 g/mol. The Balaban J connectivity index is 1.71. The number of nitrogens with one attached hydrogen (secondary N) is 1. The van der Waals surface area contributed by atoms with Gasteiger partial charge in [-0.05, 0) is 42.3 Å². The molecule has 1 fully saturated rings. The fourth-order valence-corrected chi connectivity index (χ4v) is 3.67. The molecule has 1 aliphatic heterocycles. The average molecular weight is 333 g/mol. The van der Waals surface area contributed by atoms with Crippen LogP contribution in [0.5, 0.6) is 0 Å². The maximum Gasteiger partial charge on any atom is 0.240 e. The lowest BCUT2D eigenvalue weighted by atomic mass is 10.3. The summed E-state index contributed by atoms with van der Waals surface area (Å²) in [4.78, 5) is 13.6. The van der Waals surface area contributed by atoms with Crippen molar-refractivity contribution in [3.63, 3.8) is 0 Å². The predicted molar refractivity (Wildman–Crippen MR) is 87.5 cm³/mol. The number of benzene rings is 1. The number of carbonyl (C=O) groups is 1. The van der Waals surface area contributed by atoms with Crippen molar-refractivity contribution in [1.82, 2.24) is 9.29 Å². The topological polar surface area (TPSA) is 71.4 Å². The summed E-state index contributed by atoms with van der Waals surface area (Å²) in [6.07, 6.45) is 5.13. The van der Waals surface area contributed by atoms with Crippen molar-refractivity contribution in [2.45, 2.75) is 24.3 Å². The van der Waals surface area contributed by atoms with Crippen LogP contribution in [-0.4, -0.2) is 25.4 Å². The Bertz CT molecular complexity index is 809. The number of sulfonamides is 1. The third-order valence-electron chi connectivity index (χ3n) is 3.89. The molecule has 23 heavy (non-hydrogen) atoms. The standard InChI is InChI=1S/C16H19N3O3S/c1-18-10-8-13(12-18)11-17-23(21,22)15-6-4-14(5-7-15)19-9-2-3-16(19)20/h4-8,10,12,17H,2-3,9,11H2,1H3. The summed E-state index contributed by atoms with van der Waals surface area (Å²) in [5, 5.41) is 0. The second kappa shape index (κ2) is 6.17. The van der Waals surface area contributed by atoms with E-state index in [9.17, 15) is 13.2 Å². The second-order valence-electron chi connectivity index (χ2n) is 5.65. The van der Waals surface area contributed by atoms with Crippen LogP contribution in [0, 0.1) is 0 Å². The summed E-state index contributed by atoms with van der Waals surface area (Å²) in [7, 11) is -1.68. The quantitative estimate of drug-likeness (QED) is 0.904. The predicted octanol–water partition coefficient (Wildman–Crippen LogP) is 1.63. The van der Waals surface area contributed by atoms with Crippen LogP contribution in [0.15, 0.2) is 47.6 Å². The molecule has 2 aromatic rings. The Morgan fingerprint density at radius 2 is 1.91 bits per heavy atom. The highest BCUT2D eigenvalue weighted by atomic mass is 32.2. The van der Waals surface area contributed by atoms with Gasteiger partial charge in [0.15, 0.2) is 0 Å². The molecule has 0 atom stereocenters. The summed E-state index contributed by atoms with van der Waals surface area (Å²) in [5.74, 6) is 0.0859. The summed E-state index contributed by atoms with van der Waals surface area (Å²) in [6.45, 7) is 0.937. The molecule has 1 aromatic carbocycles. The molecule has 2 heterocycles. The number of amides is 1. The number of aryl methyl sites for hydroxylation is 1. The molecule has 0 unspecified atom stereocenters. The Morgan fingerprint density at radius 3 is 2.48 bits per heavy atom. The van der Waals surface area contributed by atoms with Crippen molar-refractivity contribution in [2.75, 3.05) is 11.4 Å². The molecule has 122 valence electrons. The maximum atomic E-state index is 12.3. The maximum absolute atomic E-state index is 12.3. The Morgan fingerprint density at radius 1 is 1.17 bits per heavy atom. The van der Waals surface area contributed by atoms with Crippen LogP contribution in [0.3, 0.4) is 0 Å². The lowest BCUT2D eigenvalue weighted by Gasteiger charge is -2.16. The van der Waals surface area contributed by atoms with E-state index in [0.29, 0.717) is 13.0 Å². The van der Waals surface area contributed by atoms with E-state index in [1.54, 1.807) is 17.0 Å². The van der Waals surface area contributed by atoms with E-state index in [4.69, 9.17) is 0 Å². The van der Waals surface area contributed by atoms with Gasteiger partial charge in [0.1, 0.15) is 0 Å². The van der Waals surface area contributed by atoms with Gasteiger partial charge in [-0.25, -0.2) is 13.1 Å². The van der Waals surface area contributed by atoms with Gasteiger partial charge in [0.05, 0.1) is 4.90 Å². The van der Waals surface area contributed by atoms with Crippen LogP contribution in [0.1, 0.15) is 18.4 Å². The summed E-state index contributed by atoms with van der Waals surface area (Å²) in [6, 6.07) is 8.30. The molecule has 6 nitrogen and oxygen atoms in total. The number of carbonyl (C=O) groups excluding carboxylic acids is 1. The molecule has 0 saturated carbocycles. The van der Waals surface area contributed by atoms with Crippen LogP contribution < -0.4 is 9.62 Å². The molecule has 0 spiro atoms. The van der Waals surface area contributed by atoms with E-state index in [1.807, 2.05) is 30.1 Å². The van der Waals surface area contributed by atoms with Gasteiger partial charge in [-0.1, -0.05) is 0 Å². The zero-order valence-electron chi connectivity index (χ0n) is 12.9. The van der Waals surface area contributed by atoms with Crippen molar-refractivity contribution in [1.29, 1.82) is 0 Å². The number of aromatic nitrogens is 1. The van der Waals surface area contributed by atoms with Crippen LogP contribution in [0.4, 0.5) is 5.69 Å². The van der Waals surface area contributed by atoms with E-state index in [0.717, 1.165) is 17.7 Å². The van der Waals surface area contributed by atoms with Crippen molar-refractivity contribution in [3.8, 4) is 0 Å². The van der Waals surface area contributed by atoms with Crippen molar-refractivity contribution < 1.29 is 13.2 Å². The van der Waals surface area contributed by atoms with Gasteiger partial charge >= 0.3 is 0 Å². The number of rotatable bonds is 5. The molecule has 0 bridgehead atoms. The fraction of sp³-hybridized carbons (Fsp3) is 0.312. The minimum absolute atomic E-state index is 0.0859. The molecular weight excluding hydrogens is 314 g/mol. The minimum atomic E-state index is -3.57. The van der Waals surface area contributed by atoms with Gasteiger partial charge in [0, 0.05) is 44.6 Å². The largest absolute Gasteiger partial charge is 0.357 e. The summed E-state index contributed by atoms with van der Waals surface area (Å²) < 4.78 is 29.1. The molecule has 1 aromatic heterocycles. The third kappa shape index (κ3) is 3.46. The van der Waals surface area contributed by atoms with Crippen molar-refractivity contribution in [2.24, 2.45) is 7.05 Å². The first-order valence-corrected chi connectivity index (χ1v) is 8.95. The first-order chi connectivity index (χ1) is 11.0. The Labute approximate surface area is 135 Å². The highest BCUT2D eigenvalue weighted by Crippen LogP contribution is 2.23. The zero-order chi connectivity index (χ0) is 16.4. The second-order valence-corrected chi connectivity index (χ2v) is 7.42. The van der Waals surface area contributed by atoms with Gasteiger partial charge in [-0.2, -0.15) is 0 Å². The highest BCUT2D eigenvalue weighted by Gasteiger charge is 2.22. The van der Waals surface area contributed by atoms with Crippen LogP contribution in [0.2, 0.25) is 0 Å². The molecule has 1 aliphatic rings. The van der Waals surface area contributed by atoms with Gasteiger partial charge in [0.2, 0.25) is 15.9 Å². The van der Waals surface area contributed by atoms with E-state index in [-0.39, 0.29) is 17.3 Å².